The molecule has 84 valence electrons. The van der Waals surface area contributed by atoms with Crippen LogP contribution in [0.3, 0.4) is 0 Å². The number of nitro benzene ring substituents is 1. The zero-order valence-corrected chi connectivity index (χ0v) is 8.20. The number of non-ortho nitro benzene ring substituents is 1. The maximum absolute atomic E-state index is 10.8. The second-order valence-electron chi connectivity index (χ2n) is 3.14. The van der Waals surface area contributed by atoms with Gasteiger partial charge in [0.25, 0.3) is 5.69 Å². The summed E-state index contributed by atoms with van der Waals surface area (Å²) in [7, 11) is 0. The first-order chi connectivity index (χ1) is 7.56. The molecule has 0 aliphatic heterocycles. The van der Waals surface area contributed by atoms with Crippen LogP contribution in [0.5, 0.6) is 0 Å². The van der Waals surface area contributed by atoms with Gasteiger partial charge in [0.05, 0.1) is 10.8 Å². The van der Waals surface area contributed by atoms with E-state index < -0.39 is 16.8 Å². The maximum Gasteiger partial charge on any atom is 0.311 e. The highest BCUT2D eigenvalue weighted by molar-refractivity contribution is 5.79. The van der Waals surface area contributed by atoms with Gasteiger partial charge in [-0.1, -0.05) is 12.1 Å². The summed E-state index contributed by atoms with van der Waals surface area (Å²) in [5, 5.41) is 19.2. The van der Waals surface area contributed by atoms with Crippen molar-refractivity contribution in [2.45, 2.75) is 12.3 Å². The Hall–Kier alpha value is -2.24. The van der Waals surface area contributed by atoms with Crippen LogP contribution < -0.4 is 0 Å². The minimum atomic E-state index is -1.12. The van der Waals surface area contributed by atoms with Crippen molar-refractivity contribution in [3.05, 3.63) is 39.9 Å². The van der Waals surface area contributed by atoms with Crippen LogP contribution in [-0.4, -0.2) is 22.3 Å². The highest BCUT2D eigenvalue weighted by Crippen LogP contribution is 2.21. The van der Waals surface area contributed by atoms with Crippen molar-refractivity contribution in [3.8, 4) is 0 Å². The van der Waals surface area contributed by atoms with Crippen molar-refractivity contribution in [1.29, 1.82) is 0 Å². The lowest BCUT2D eigenvalue weighted by Crippen LogP contribution is -2.12. The van der Waals surface area contributed by atoms with E-state index in [0.29, 0.717) is 11.8 Å². The molecule has 1 atom stereocenters. The second-order valence-corrected chi connectivity index (χ2v) is 3.14. The molecule has 1 unspecified atom stereocenters. The lowest BCUT2D eigenvalue weighted by Gasteiger charge is -2.08. The lowest BCUT2D eigenvalue weighted by molar-refractivity contribution is -0.384. The molecule has 0 aliphatic rings. The van der Waals surface area contributed by atoms with Gasteiger partial charge in [0, 0.05) is 18.6 Å². The molecule has 0 amide bonds. The summed E-state index contributed by atoms with van der Waals surface area (Å²) in [6, 6.07) is 5.13. The summed E-state index contributed by atoms with van der Waals surface area (Å²) in [5.41, 5.74) is 0.268. The molecule has 0 saturated carbocycles. The third kappa shape index (κ3) is 2.63. The molecule has 1 aromatic rings. The molecule has 0 aliphatic carbocycles. The van der Waals surface area contributed by atoms with Gasteiger partial charge in [0.1, 0.15) is 6.29 Å². The number of nitrogens with zero attached hydrogens (tertiary/aromatic N) is 1. The van der Waals surface area contributed by atoms with Crippen LogP contribution in [0, 0.1) is 10.1 Å². The summed E-state index contributed by atoms with van der Waals surface area (Å²) in [6.45, 7) is 0. The van der Waals surface area contributed by atoms with Crippen molar-refractivity contribution in [3.63, 3.8) is 0 Å². The first-order valence-electron chi connectivity index (χ1n) is 4.47. The highest BCUT2D eigenvalue weighted by Gasteiger charge is 2.19. The summed E-state index contributed by atoms with van der Waals surface area (Å²) in [4.78, 5) is 30.9. The van der Waals surface area contributed by atoms with E-state index in [-0.39, 0.29) is 12.1 Å². The van der Waals surface area contributed by atoms with E-state index in [9.17, 15) is 19.7 Å². The van der Waals surface area contributed by atoms with E-state index in [4.69, 9.17) is 5.11 Å². The Morgan fingerprint density at radius 3 is 2.38 bits per heavy atom. The Labute approximate surface area is 90.7 Å². The third-order valence-electron chi connectivity index (χ3n) is 2.14. The lowest BCUT2D eigenvalue weighted by atomic mass is 9.96. The number of nitro groups is 1. The van der Waals surface area contributed by atoms with Crippen molar-refractivity contribution in [1.82, 2.24) is 0 Å². The van der Waals surface area contributed by atoms with Gasteiger partial charge in [-0.25, -0.2) is 0 Å². The number of carbonyl (C=O) groups excluding carboxylic acids is 1. The fourth-order valence-corrected chi connectivity index (χ4v) is 1.30. The fraction of sp³-hybridized carbons (Fsp3) is 0.200. The van der Waals surface area contributed by atoms with Gasteiger partial charge < -0.3 is 9.90 Å². The molecule has 0 fully saturated rings. The zero-order valence-electron chi connectivity index (χ0n) is 8.20. The molecule has 1 aromatic carbocycles. The fourth-order valence-electron chi connectivity index (χ4n) is 1.30. The Morgan fingerprint density at radius 2 is 2.00 bits per heavy atom. The van der Waals surface area contributed by atoms with E-state index in [2.05, 4.69) is 0 Å². The number of hydrogen-bond acceptors (Lipinski definition) is 4. The molecule has 0 saturated heterocycles. The van der Waals surface area contributed by atoms with Gasteiger partial charge in [-0.3, -0.25) is 14.9 Å². The van der Waals surface area contributed by atoms with Crippen LogP contribution >= 0.6 is 0 Å². The first-order valence-corrected chi connectivity index (χ1v) is 4.47. The second kappa shape index (κ2) is 5.01. The van der Waals surface area contributed by atoms with Crippen molar-refractivity contribution in [2.75, 3.05) is 0 Å². The Balaban J connectivity index is 2.98. The molecule has 1 rings (SSSR count). The predicted molar refractivity (Wildman–Crippen MR) is 54.2 cm³/mol. The first kappa shape index (κ1) is 11.8. The largest absolute Gasteiger partial charge is 0.481 e. The molecule has 0 radical (unpaired) electrons. The summed E-state index contributed by atoms with van der Waals surface area (Å²) in [5.74, 6) is -2.07. The van der Waals surface area contributed by atoms with Crippen LogP contribution in [0.15, 0.2) is 24.3 Å². The van der Waals surface area contributed by atoms with Crippen LogP contribution in [-0.2, 0) is 9.59 Å². The number of hydrogen-bond donors (Lipinski definition) is 1. The van der Waals surface area contributed by atoms with Crippen molar-refractivity contribution < 1.29 is 19.6 Å². The molecule has 0 spiro atoms. The Bertz CT molecular complexity index is 412. The van der Waals surface area contributed by atoms with E-state index in [0.717, 1.165) is 0 Å². The van der Waals surface area contributed by atoms with Crippen LogP contribution in [0.4, 0.5) is 5.69 Å². The normalized spacial score (nSPS) is 11.8. The number of carboxylic acids is 1. The van der Waals surface area contributed by atoms with Gasteiger partial charge >= 0.3 is 5.97 Å². The number of aliphatic carboxylic acids is 1. The number of rotatable bonds is 5. The quantitative estimate of drug-likeness (QED) is 0.461. The van der Waals surface area contributed by atoms with Crippen LogP contribution in [0.25, 0.3) is 0 Å². The summed E-state index contributed by atoms with van der Waals surface area (Å²) >= 11 is 0. The molecule has 1 N–H and O–H groups in total. The van der Waals surface area contributed by atoms with Crippen molar-refractivity contribution in [2.24, 2.45) is 0 Å². The average molecular weight is 223 g/mol. The van der Waals surface area contributed by atoms with Gasteiger partial charge in [0.15, 0.2) is 0 Å². The van der Waals surface area contributed by atoms with E-state index in [1.54, 1.807) is 0 Å². The third-order valence-corrected chi connectivity index (χ3v) is 2.14. The van der Waals surface area contributed by atoms with Gasteiger partial charge in [-0.15, -0.1) is 0 Å². The highest BCUT2D eigenvalue weighted by atomic mass is 16.6. The summed E-state index contributed by atoms with van der Waals surface area (Å²) < 4.78 is 0. The minimum absolute atomic E-state index is 0.112. The molecule has 6 nitrogen and oxygen atoms in total. The monoisotopic (exact) mass is 223 g/mol. The number of benzene rings is 1. The Kier molecular flexibility index (Phi) is 3.71. The van der Waals surface area contributed by atoms with E-state index in [1.807, 2.05) is 0 Å². The molecule has 0 heterocycles. The Morgan fingerprint density at radius 1 is 1.44 bits per heavy atom. The predicted octanol–water partition coefficient (Wildman–Crippen LogP) is 1.35. The maximum atomic E-state index is 10.8. The minimum Gasteiger partial charge on any atom is -0.481 e. The molecular formula is C10H9NO5. The molecule has 0 aromatic heterocycles. The smallest absolute Gasteiger partial charge is 0.311 e. The standard InChI is InChI=1S/C10H9NO5/c12-6-5-9(10(13)14)7-1-3-8(4-2-7)11(15)16/h1-4,6,9H,5H2,(H,13,14). The average Bonchev–Trinajstić information content (AvgIpc) is 2.25. The van der Waals surface area contributed by atoms with E-state index in [1.165, 1.54) is 24.3 Å². The topological polar surface area (TPSA) is 97.5 Å². The number of carbonyl (C=O) groups is 2. The molecule has 6 heteroatoms. The van der Waals surface area contributed by atoms with Gasteiger partial charge in [-0.05, 0) is 5.56 Å². The zero-order chi connectivity index (χ0) is 12.1. The SMILES string of the molecule is O=CCC(C(=O)O)c1ccc([N+](=O)[O-])cc1. The number of carboxylic acid groups (broad SMARTS) is 1. The van der Waals surface area contributed by atoms with Gasteiger partial charge in [-0.2, -0.15) is 0 Å². The molecule has 16 heavy (non-hydrogen) atoms. The number of aldehydes is 1. The van der Waals surface area contributed by atoms with Crippen LogP contribution in [0.2, 0.25) is 0 Å². The van der Waals surface area contributed by atoms with Gasteiger partial charge in [0.2, 0.25) is 0 Å². The molecular weight excluding hydrogens is 214 g/mol. The van der Waals surface area contributed by atoms with Crippen molar-refractivity contribution >= 4 is 17.9 Å². The van der Waals surface area contributed by atoms with Crippen LogP contribution in [0.1, 0.15) is 17.9 Å². The van der Waals surface area contributed by atoms with E-state index >= 15 is 0 Å². The molecule has 0 bridgehead atoms. The summed E-state index contributed by atoms with van der Waals surface area (Å²) in [6.07, 6.45) is 0.368.